The van der Waals surface area contributed by atoms with E-state index in [9.17, 15) is 13.2 Å². The first kappa shape index (κ1) is 15.0. The molecular formula is C13H18N2O4S. The molecule has 7 heteroatoms. The molecule has 110 valence electrons. The molecule has 0 bridgehead atoms. The maximum atomic E-state index is 12.2. The highest BCUT2D eigenvalue weighted by Gasteiger charge is 2.19. The van der Waals surface area contributed by atoms with Gasteiger partial charge in [-0.15, -0.1) is 0 Å². The summed E-state index contributed by atoms with van der Waals surface area (Å²) in [5.41, 5.74) is 5.33. The largest absolute Gasteiger partial charge is 0.381 e. The number of nitrogens with one attached hydrogen (secondary N) is 1. The molecule has 1 fully saturated rings. The van der Waals surface area contributed by atoms with Crippen molar-refractivity contribution < 1.29 is 17.9 Å². The smallest absolute Gasteiger partial charge is 0.248 e. The summed E-state index contributed by atoms with van der Waals surface area (Å²) in [6.45, 7) is 1.72. The fourth-order valence-electron chi connectivity index (χ4n) is 2.08. The molecule has 0 saturated carbocycles. The summed E-state index contributed by atoms with van der Waals surface area (Å²) in [4.78, 5) is 11.1. The average Bonchev–Trinajstić information content (AvgIpc) is 2.46. The van der Waals surface area contributed by atoms with Crippen molar-refractivity contribution in [3.63, 3.8) is 0 Å². The molecule has 1 heterocycles. The van der Waals surface area contributed by atoms with Gasteiger partial charge in [-0.1, -0.05) is 6.07 Å². The summed E-state index contributed by atoms with van der Waals surface area (Å²) in [7, 11) is -3.61. The number of sulfonamides is 1. The Morgan fingerprint density at radius 3 is 2.70 bits per heavy atom. The number of hydrogen-bond donors (Lipinski definition) is 2. The molecule has 1 aromatic carbocycles. The fraction of sp³-hybridized carbons (Fsp3) is 0.462. The zero-order valence-corrected chi connectivity index (χ0v) is 11.9. The van der Waals surface area contributed by atoms with Crippen molar-refractivity contribution in [1.29, 1.82) is 0 Å². The predicted molar refractivity (Wildman–Crippen MR) is 73.7 cm³/mol. The lowest BCUT2D eigenvalue weighted by molar-refractivity contribution is 0.0678. The summed E-state index contributed by atoms with van der Waals surface area (Å²) in [6.07, 6.45) is 1.70. The number of ether oxygens (including phenoxy) is 1. The van der Waals surface area contributed by atoms with E-state index in [1.165, 1.54) is 24.3 Å². The molecule has 0 atom stereocenters. The Hall–Kier alpha value is -1.44. The van der Waals surface area contributed by atoms with E-state index >= 15 is 0 Å². The number of nitrogens with two attached hydrogens (primary N) is 1. The molecule has 0 aliphatic carbocycles. The number of carbonyl (C=O) groups excluding carboxylic acids is 1. The lowest BCUT2D eigenvalue weighted by atomic mass is 10.0. The molecule has 1 aliphatic rings. The van der Waals surface area contributed by atoms with Crippen molar-refractivity contribution in [3.05, 3.63) is 29.8 Å². The van der Waals surface area contributed by atoms with Crippen LogP contribution in [0.2, 0.25) is 0 Å². The molecule has 6 nitrogen and oxygen atoms in total. The van der Waals surface area contributed by atoms with Crippen LogP contribution in [0, 0.1) is 5.92 Å². The van der Waals surface area contributed by atoms with Crippen LogP contribution in [0.5, 0.6) is 0 Å². The number of amides is 1. The minimum atomic E-state index is -3.61. The number of hydrogen-bond acceptors (Lipinski definition) is 4. The maximum absolute atomic E-state index is 12.2. The van der Waals surface area contributed by atoms with Crippen molar-refractivity contribution in [2.24, 2.45) is 11.7 Å². The van der Waals surface area contributed by atoms with Crippen LogP contribution >= 0.6 is 0 Å². The normalized spacial score (nSPS) is 17.0. The maximum Gasteiger partial charge on any atom is 0.248 e. The van der Waals surface area contributed by atoms with Gasteiger partial charge >= 0.3 is 0 Å². The zero-order valence-electron chi connectivity index (χ0n) is 11.0. The van der Waals surface area contributed by atoms with Crippen molar-refractivity contribution in [2.75, 3.05) is 19.8 Å². The van der Waals surface area contributed by atoms with E-state index in [2.05, 4.69) is 4.72 Å². The van der Waals surface area contributed by atoms with Gasteiger partial charge in [0.2, 0.25) is 15.9 Å². The molecule has 1 aromatic rings. The fourth-order valence-corrected chi connectivity index (χ4v) is 3.24. The highest BCUT2D eigenvalue weighted by Crippen LogP contribution is 2.16. The summed E-state index contributed by atoms with van der Waals surface area (Å²) < 4.78 is 32.1. The number of benzene rings is 1. The van der Waals surface area contributed by atoms with Crippen LogP contribution in [0.4, 0.5) is 0 Å². The molecule has 1 aliphatic heterocycles. The second-order valence-electron chi connectivity index (χ2n) is 4.80. The monoisotopic (exact) mass is 298 g/mol. The lowest BCUT2D eigenvalue weighted by Gasteiger charge is -2.22. The minimum absolute atomic E-state index is 0.0564. The van der Waals surface area contributed by atoms with Gasteiger partial charge in [-0.05, 0) is 37.0 Å². The van der Waals surface area contributed by atoms with Gasteiger partial charge in [0.25, 0.3) is 0 Å². The predicted octanol–water partition coefficient (Wildman–Crippen LogP) is 0.490. The Labute approximate surface area is 118 Å². The Balaban J connectivity index is 2.05. The van der Waals surface area contributed by atoms with Crippen LogP contribution in [-0.4, -0.2) is 34.1 Å². The van der Waals surface area contributed by atoms with Gasteiger partial charge in [0.15, 0.2) is 0 Å². The second kappa shape index (κ2) is 6.34. The van der Waals surface area contributed by atoms with Gasteiger partial charge in [0.1, 0.15) is 0 Å². The third-order valence-corrected chi connectivity index (χ3v) is 4.75. The van der Waals surface area contributed by atoms with Gasteiger partial charge in [-0.2, -0.15) is 0 Å². The van der Waals surface area contributed by atoms with Crippen molar-refractivity contribution in [3.8, 4) is 0 Å². The lowest BCUT2D eigenvalue weighted by Crippen LogP contribution is -2.32. The van der Waals surface area contributed by atoms with Crippen LogP contribution in [0.1, 0.15) is 23.2 Å². The highest BCUT2D eigenvalue weighted by atomic mass is 32.2. The van der Waals surface area contributed by atoms with Gasteiger partial charge in [0, 0.05) is 25.3 Å². The number of carbonyl (C=O) groups is 1. The standard InChI is InChI=1S/C13H18N2O4S/c14-13(16)11-2-1-3-12(8-11)20(17,18)15-9-10-4-6-19-7-5-10/h1-3,8,10,15H,4-7,9H2,(H2,14,16). The van der Waals surface area contributed by atoms with E-state index < -0.39 is 15.9 Å². The highest BCUT2D eigenvalue weighted by molar-refractivity contribution is 7.89. The second-order valence-corrected chi connectivity index (χ2v) is 6.57. The first-order chi connectivity index (χ1) is 9.49. The first-order valence-electron chi connectivity index (χ1n) is 6.46. The quantitative estimate of drug-likeness (QED) is 0.826. The SMILES string of the molecule is NC(=O)c1cccc(S(=O)(=O)NCC2CCOCC2)c1. The summed E-state index contributed by atoms with van der Waals surface area (Å²) in [6, 6.07) is 5.72. The van der Waals surface area contributed by atoms with Crippen LogP contribution in [0.15, 0.2) is 29.2 Å². The van der Waals surface area contributed by atoms with E-state index in [-0.39, 0.29) is 16.4 Å². The Bertz CT molecular complexity index is 580. The van der Waals surface area contributed by atoms with Crippen LogP contribution in [-0.2, 0) is 14.8 Å². The van der Waals surface area contributed by atoms with Gasteiger partial charge < -0.3 is 10.5 Å². The van der Waals surface area contributed by atoms with E-state index in [1.54, 1.807) is 0 Å². The average molecular weight is 298 g/mol. The summed E-state index contributed by atoms with van der Waals surface area (Å²) in [5, 5.41) is 0. The van der Waals surface area contributed by atoms with Crippen molar-refractivity contribution in [2.45, 2.75) is 17.7 Å². The Morgan fingerprint density at radius 2 is 2.05 bits per heavy atom. The number of primary amides is 1. The molecule has 1 amide bonds. The molecule has 1 saturated heterocycles. The summed E-state index contributed by atoms with van der Waals surface area (Å²) >= 11 is 0. The van der Waals surface area contributed by atoms with Crippen molar-refractivity contribution >= 4 is 15.9 Å². The van der Waals surface area contributed by atoms with Gasteiger partial charge in [-0.25, -0.2) is 13.1 Å². The van der Waals surface area contributed by atoms with Gasteiger partial charge in [-0.3, -0.25) is 4.79 Å². The summed E-state index contributed by atoms with van der Waals surface area (Å²) in [5.74, 6) is -0.357. The van der Waals surface area contributed by atoms with Gasteiger partial charge in [0.05, 0.1) is 4.90 Å². The molecule has 2 rings (SSSR count). The van der Waals surface area contributed by atoms with Crippen LogP contribution in [0.3, 0.4) is 0 Å². The molecule has 20 heavy (non-hydrogen) atoms. The van der Waals surface area contributed by atoms with Crippen molar-refractivity contribution in [1.82, 2.24) is 4.72 Å². The van der Waals surface area contributed by atoms with E-state index in [0.29, 0.717) is 19.8 Å². The van der Waals surface area contributed by atoms with Crippen LogP contribution in [0.25, 0.3) is 0 Å². The third-order valence-electron chi connectivity index (χ3n) is 3.33. The molecular weight excluding hydrogens is 280 g/mol. The van der Waals surface area contributed by atoms with Crippen LogP contribution < -0.4 is 10.5 Å². The number of rotatable bonds is 5. The minimum Gasteiger partial charge on any atom is -0.381 e. The molecule has 3 N–H and O–H groups in total. The topological polar surface area (TPSA) is 98.5 Å². The molecule has 0 aromatic heterocycles. The third kappa shape index (κ3) is 3.78. The molecule has 0 radical (unpaired) electrons. The van der Waals surface area contributed by atoms with E-state index in [0.717, 1.165) is 12.8 Å². The zero-order chi connectivity index (χ0) is 14.6. The van der Waals surface area contributed by atoms with E-state index in [4.69, 9.17) is 10.5 Å². The first-order valence-corrected chi connectivity index (χ1v) is 7.94. The Kier molecular flexibility index (Phi) is 4.74. The molecule has 0 spiro atoms. The van der Waals surface area contributed by atoms with E-state index in [1.807, 2.05) is 0 Å². The molecule has 0 unspecified atom stereocenters. The Morgan fingerprint density at radius 1 is 1.35 bits per heavy atom.